The first-order chi connectivity index (χ1) is 8.47. The molecule has 0 amide bonds. The fraction of sp³-hybridized carbons (Fsp3) is 0.182. The maximum atomic E-state index is 13.0. The molecular formula is C11H8F4N2S. The highest BCUT2D eigenvalue weighted by molar-refractivity contribution is 7.09. The van der Waals surface area contributed by atoms with Crippen LogP contribution in [0.25, 0.3) is 0 Å². The third-order valence-corrected chi connectivity index (χ3v) is 2.98. The average molecular weight is 276 g/mol. The topological polar surface area (TPSA) is 24.9 Å². The Bertz CT molecular complexity index is 522. The maximum Gasteiger partial charge on any atom is 0.419 e. The van der Waals surface area contributed by atoms with Crippen LogP contribution in [-0.2, 0) is 12.7 Å². The summed E-state index contributed by atoms with van der Waals surface area (Å²) >= 11 is 1.39. The van der Waals surface area contributed by atoms with Crippen LogP contribution in [0.3, 0.4) is 0 Å². The van der Waals surface area contributed by atoms with Gasteiger partial charge in [0.1, 0.15) is 10.8 Å². The second kappa shape index (κ2) is 4.93. The third-order valence-electron chi connectivity index (χ3n) is 2.20. The fourth-order valence-electron chi connectivity index (χ4n) is 1.37. The fourth-order valence-corrected chi connectivity index (χ4v) is 1.93. The van der Waals surface area contributed by atoms with Crippen LogP contribution >= 0.6 is 11.3 Å². The van der Waals surface area contributed by atoms with E-state index in [1.807, 2.05) is 0 Å². The van der Waals surface area contributed by atoms with Gasteiger partial charge in [-0.3, -0.25) is 0 Å². The van der Waals surface area contributed by atoms with Crippen molar-refractivity contribution in [2.75, 3.05) is 5.32 Å². The van der Waals surface area contributed by atoms with E-state index < -0.39 is 17.6 Å². The van der Waals surface area contributed by atoms with E-state index in [0.29, 0.717) is 6.54 Å². The highest BCUT2D eigenvalue weighted by Gasteiger charge is 2.34. The molecule has 0 radical (unpaired) electrons. The van der Waals surface area contributed by atoms with Crippen molar-refractivity contribution in [2.45, 2.75) is 12.7 Å². The molecule has 1 heterocycles. The van der Waals surface area contributed by atoms with E-state index in [-0.39, 0.29) is 5.69 Å². The minimum Gasteiger partial charge on any atom is -0.379 e. The Morgan fingerprint density at radius 2 is 2.06 bits per heavy atom. The Labute approximate surface area is 104 Å². The van der Waals surface area contributed by atoms with Crippen LogP contribution in [0, 0.1) is 5.82 Å². The Balaban J connectivity index is 2.15. The van der Waals surface area contributed by atoms with Crippen LogP contribution in [0.5, 0.6) is 0 Å². The lowest BCUT2D eigenvalue weighted by Gasteiger charge is -2.10. The van der Waals surface area contributed by atoms with Gasteiger partial charge in [0.2, 0.25) is 0 Å². The van der Waals surface area contributed by atoms with Gasteiger partial charge in [0.05, 0.1) is 12.1 Å². The molecule has 2 nitrogen and oxygen atoms in total. The van der Waals surface area contributed by atoms with Crippen molar-refractivity contribution in [3.05, 3.63) is 46.2 Å². The molecule has 0 saturated heterocycles. The molecule has 0 unspecified atom stereocenters. The molecule has 0 aliphatic carbocycles. The van der Waals surface area contributed by atoms with E-state index in [9.17, 15) is 17.6 Å². The summed E-state index contributed by atoms with van der Waals surface area (Å²) in [5, 5.41) is 5.28. The number of hydrogen-bond donors (Lipinski definition) is 1. The molecule has 1 aromatic heterocycles. The van der Waals surface area contributed by atoms with E-state index in [2.05, 4.69) is 10.3 Å². The van der Waals surface area contributed by atoms with Crippen LogP contribution in [0.4, 0.5) is 23.2 Å². The number of aromatic nitrogens is 1. The summed E-state index contributed by atoms with van der Waals surface area (Å²) in [6.45, 7) is 0.306. The minimum absolute atomic E-state index is 0.207. The predicted octanol–water partition coefficient (Wildman–Crippen LogP) is 3.91. The first-order valence-electron chi connectivity index (χ1n) is 4.96. The highest BCUT2D eigenvalue weighted by atomic mass is 32.1. The molecule has 2 rings (SSSR count). The second-order valence-electron chi connectivity index (χ2n) is 3.47. The summed E-state index contributed by atoms with van der Waals surface area (Å²) in [6.07, 6.45) is -3.09. The summed E-state index contributed by atoms with van der Waals surface area (Å²) < 4.78 is 50.4. The molecule has 2 aromatic rings. The Hall–Kier alpha value is -1.63. The largest absolute Gasteiger partial charge is 0.419 e. The van der Waals surface area contributed by atoms with Gasteiger partial charge in [-0.15, -0.1) is 11.3 Å². The molecule has 96 valence electrons. The SMILES string of the molecule is Fc1ccc(NCc2nccs2)cc1C(F)(F)F. The number of halogens is 4. The zero-order valence-electron chi connectivity index (χ0n) is 8.96. The highest BCUT2D eigenvalue weighted by Crippen LogP contribution is 2.33. The van der Waals surface area contributed by atoms with E-state index >= 15 is 0 Å². The van der Waals surface area contributed by atoms with Gasteiger partial charge < -0.3 is 5.32 Å². The first kappa shape index (κ1) is 12.8. The van der Waals surface area contributed by atoms with Gasteiger partial charge in [0.15, 0.2) is 0 Å². The number of anilines is 1. The normalized spacial score (nSPS) is 11.6. The molecule has 0 aliphatic rings. The molecule has 1 aromatic carbocycles. The van der Waals surface area contributed by atoms with Gasteiger partial charge in [-0.2, -0.15) is 13.2 Å². The predicted molar refractivity (Wildman–Crippen MR) is 60.8 cm³/mol. The lowest BCUT2D eigenvalue weighted by Crippen LogP contribution is -2.09. The molecule has 1 N–H and O–H groups in total. The molecule has 7 heteroatoms. The number of thiazole rings is 1. The number of nitrogens with one attached hydrogen (secondary N) is 1. The molecule has 0 atom stereocenters. The van der Waals surface area contributed by atoms with Crippen LogP contribution < -0.4 is 5.32 Å². The minimum atomic E-state index is -4.69. The van der Waals surface area contributed by atoms with Crippen molar-refractivity contribution in [2.24, 2.45) is 0 Å². The van der Waals surface area contributed by atoms with Crippen LogP contribution in [0.15, 0.2) is 29.8 Å². The molecular weight excluding hydrogens is 268 g/mol. The second-order valence-corrected chi connectivity index (χ2v) is 4.45. The standard InChI is InChI=1S/C11H8F4N2S/c12-9-2-1-7(5-8(9)11(13,14)15)17-6-10-16-3-4-18-10/h1-5,17H,6H2. The zero-order valence-corrected chi connectivity index (χ0v) is 9.78. The van der Waals surface area contributed by atoms with Crippen LogP contribution in [0.1, 0.15) is 10.6 Å². The molecule has 0 saturated carbocycles. The summed E-state index contributed by atoms with van der Waals surface area (Å²) in [6, 6.07) is 2.81. The average Bonchev–Trinajstić information content (AvgIpc) is 2.79. The van der Waals surface area contributed by atoms with E-state index in [1.54, 1.807) is 11.6 Å². The Kier molecular flexibility index (Phi) is 3.51. The lowest BCUT2D eigenvalue weighted by molar-refractivity contribution is -0.139. The smallest absolute Gasteiger partial charge is 0.379 e. The Morgan fingerprint density at radius 3 is 2.67 bits per heavy atom. The molecule has 0 aliphatic heterocycles. The van der Waals surface area contributed by atoms with Crippen molar-refractivity contribution in [3.8, 4) is 0 Å². The van der Waals surface area contributed by atoms with Gasteiger partial charge in [0.25, 0.3) is 0 Å². The van der Waals surface area contributed by atoms with Gasteiger partial charge in [-0.05, 0) is 18.2 Å². The Morgan fingerprint density at radius 1 is 1.28 bits per heavy atom. The number of alkyl halides is 3. The summed E-state index contributed by atoms with van der Waals surface area (Å²) in [7, 11) is 0. The van der Waals surface area contributed by atoms with Gasteiger partial charge in [0, 0.05) is 17.3 Å². The van der Waals surface area contributed by atoms with Gasteiger partial charge in [-0.25, -0.2) is 9.37 Å². The third kappa shape index (κ3) is 2.98. The summed E-state index contributed by atoms with van der Waals surface area (Å²) in [5.41, 5.74) is -1.06. The molecule has 0 bridgehead atoms. The first-order valence-corrected chi connectivity index (χ1v) is 5.84. The van der Waals surface area contributed by atoms with Crippen molar-refractivity contribution < 1.29 is 17.6 Å². The van der Waals surface area contributed by atoms with Crippen LogP contribution in [0.2, 0.25) is 0 Å². The molecule has 18 heavy (non-hydrogen) atoms. The van der Waals surface area contributed by atoms with E-state index in [1.165, 1.54) is 17.4 Å². The monoisotopic (exact) mass is 276 g/mol. The number of benzene rings is 1. The zero-order chi connectivity index (χ0) is 13.2. The molecule has 0 fully saturated rings. The van der Waals surface area contributed by atoms with Crippen molar-refractivity contribution in [3.63, 3.8) is 0 Å². The maximum absolute atomic E-state index is 13.0. The van der Waals surface area contributed by atoms with Gasteiger partial charge in [-0.1, -0.05) is 0 Å². The van der Waals surface area contributed by atoms with Crippen molar-refractivity contribution >= 4 is 17.0 Å². The van der Waals surface area contributed by atoms with E-state index in [0.717, 1.165) is 17.1 Å². The quantitative estimate of drug-likeness (QED) is 0.860. The number of nitrogens with zero attached hydrogens (tertiary/aromatic N) is 1. The van der Waals surface area contributed by atoms with Gasteiger partial charge >= 0.3 is 6.18 Å². The summed E-state index contributed by atoms with van der Waals surface area (Å²) in [5.74, 6) is -1.28. The number of hydrogen-bond acceptors (Lipinski definition) is 3. The molecule has 0 spiro atoms. The van der Waals surface area contributed by atoms with Crippen LogP contribution in [-0.4, -0.2) is 4.98 Å². The van der Waals surface area contributed by atoms with Crippen molar-refractivity contribution in [1.29, 1.82) is 0 Å². The number of rotatable bonds is 3. The van der Waals surface area contributed by atoms with Crippen molar-refractivity contribution in [1.82, 2.24) is 4.98 Å². The van der Waals surface area contributed by atoms with E-state index in [4.69, 9.17) is 0 Å². The lowest BCUT2D eigenvalue weighted by atomic mass is 10.2. The summed E-state index contributed by atoms with van der Waals surface area (Å²) in [4.78, 5) is 3.98.